The van der Waals surface area contributed by atoms with Gasteiger partial charge in [-0.15, -0.1) is 0 Å². The van der Waals surface area contributed by atoms with Crippen molar-refractivity contribution < 1.29 is 4.74 Å². The van der Waals surface area contributed by atoms with E-state index < -0.39 is 0 Å². The Labute approximate surface area is 118 Å². The molecule has 0 bridgehead atoms. The van der Waals surface area contributed by atoms with Crippen molar-refractivity contribution >= 4 is 15.9 Å². The van der Waals surface area contributed by atoms with Gasteiger partial charge in [0.25, 0.3) is 0 Å². The van der Waals surface area contributed by atoms with Crippen molar-refractivity contribution in [2.24, 2.45) is 5.73 Å². The summed E-state index contributed by atoms with van der Waals surface area (Å²) in [5.74, 6) is 0.892. The molecule has 0 heterocycles. The molecule has 1 aromatic carbocycles. The van der Waals surface area contributed by atoms with Crippen LogP contribution in [0.3, 0.4) is 0 Å². The fourth-order valence-electron chi connectivity index (χ4n) is 2.07. The Bertz CT molecular complexity index is 384. The number of methoxy groups -OCH3 is 1. The van der Waals surface area contributed by atoms with Crippen LogP contribution in [0.25, 0.3) is 0 Å². The van der Waals surface area contributed by atoms with Crippen molar-refractivity contribution in [3.05, 3.63) is 28.2 Å². The van der Waals surface area contributed by atoms with Gasteiger partial charge in [0.1, 0.15) is 5.75 Å². The maximum atomic E-state index is 5.96. The zero-order valence-electron chi connectivity index (χ0n) is 11.6. The van der Waals surface area contributed by atoms with Crippen LogP contribution in [0, 0.1) is 0 Å². The minimum Gasteiger partial charge on any atom is -0.496 e. The van der Waals surface area contributed by atoms with E-state index >= 15 is 0 Å². The van der Waals surface area contributed by atoms with Crippen molar-refractivity contribution in [2.45, 2.75) is 32.4 Å². The lowest BCUT2D eigenvalue weighted by atomic mass is 10.0. The van der Waals surface area contributed by atoms with E-state index in [-0.39, 0.29) is 6.04 Å². The molecule has 0 aliphatic carbocycles. The van der Waals surface area contributed by atoms with E-state index in [9.17, 15) is 0 Å². The molecule has 2 atom stereocenters. The maximum absolute atomic E-state index is 5.96. The third kappa shape index (κ3) is 3.46. The number of hydrogen-bond donors (Lipinski definition) is 1. The molecule has 0 aliphatic heterocycles. The third-order valence-corrected chi connectivity index (χ3v) is 4.04. The van der Waals surface area contributed by atoms with E-state index in [1.165, 1.54) is 0 Å². The van der Waals surface area contributed by atoms with E-state index in [2.05, 4.69) is 47.8 Å². The van der Waals surface area contributed by atoms with Gasteiger partial charge < -0.3 is 10.5 Å². The topological polar surface area (TPSA) is 38.5 Å². The quantitative estimate of drug-likeness (QED) is 0.876. The number of benzene rings is 1. The fraction of sp³-hybridized carbons (Fsp3) is 0.571. The van der Waals surface area contributed by atoms with Crippen molar-refractivity contribution in [2.75, 3.05) is 20.7 Å². The van der Waals surface area contributed by atoms with Gasteiger partial charge in [-0.3, -0.25) is 4.90 Å². The highest BCUT2D eigenvalue weighted by Gasteiger charge is 2.22. The molecule has 0 amide bonds. The van der Waals surface area contributed by atoms with Gasteiger partial charge in [0.15, 0.2) is 0 Å². The zero-order chi connectivity index (χ0) is 13.7. The first-order valence-electron chi connectivity index (χ1n) is 6.30. The van der Waals surface area contributed by atoms with Crippen LogP contribution in [0.1, 0.15) is 31.9 Å². The van der Waals surface area contributed by atoms with Gasteiger partial charge in [-0.1, -0.05) is 22.9 Å². The standard InChI is InChI=1S/C14H23BrN2O/c1-5-10(2)17(3)13(9-16)12-8-11(15)6-7-14(12)18-4/h6-8,10,13H,5,9,16H2,1-4H3. The van der Waals surface area contributed by atoms with Gasteiger partial charge in [-0.05, 0) is 38.6 Å². The molecule has 1 rings (SSSR count). The smallest absolute Gasteiger partial charge is 0.123 e. The molecule has 0 radical (unpaired) electrons. The molecule has 0 aliphatic rings. The first-order valence-corrected chi connectivity index (χ1v) is 7.09. The maximum Gasteiger partial charge on any atom is 0.123 e. The van der Waals surface area contributed by atoms with Crippen LogP contribution in [-0.2, 0) is 0 Å². The van der Waals surface area contributed by atoms with Crippen molar-refractivity contribution in [3.63, 3.8) is 0 Å². The van der Waals surface area contributed by atoms with Crippen LogP contribution in [0.5, 0.6) is 5.75 Å². The molecule has 2 unspecified atom stereocenters. The van der Waals surface area contributed by atoms with Crippen LogP contribution in [-0.4, -0.2) is 31.6 Å². The van der Waals surface area contributed by atoms with E-state index in [4.69, 9.17) is 10.5 Å². The van der Waals surface area contributed by atoms with Gasteiger partial charge in [0.05, 0.1) is 13.2 Å². The summed E-state index contributed by atoms with van der Waals surface area (Å²) in [7, 11) is 3.82. The fourth-order valence-corrected chi connectivity index (χ4v) is 2.45. The summed E-state index contributed by atoms with van der Waals surface area (Å²) in [5.41, 5.74) is 7.10. The predicted molar refractivity (Wildman–Crippen MR) is 80.0 cm³/mol. The number of nitrogens with two attached hydrogens (primary N) is 1. The molecular weight excluding hydrogens is 292 g/mol. The van der Waals surface area contributed by atoms with Gasteiger partial charge >= 0.3 is 0 Å². The summed E-state index contributed by atoms with van der Waals surface area (Å²) < 4.78 is 6.49. The lowest BCUT2D eigenvalue weighted by Gasteiger charge is -2.33. The normalized spacial score (nSPS) is 14.6. The first kappa shape index (κ1) is 15.5. The molecular formula is C14H23BrN2O. The van der Waals surface area contributed by atoms with Crippen molar-refractivity contribution in [3.8, 4) is 5.75 Å². The minimum absolute atomic E-state index is 0.174. The summed E-state index contributed by atoms with van der Waals surface area (Å²) in [5, 5.41) is 0. The highest BCUT2D eigenvalue weighted by atomic mass is 79.9. The third-order valence-electron chi connectivity index (χ3n) is 3.55. The first-order chi connectivity index (χ1) is 8.54. The van der Waals surface area contributed by atoms with Crippen molar-refractivity contribution in [1.82, 2.24) is 4.90 Å². The lowest BCUT2D eigenvalue weighted by molar-refractivity contribution is 0.181. The molecule has 0 saturated heterocycles. The molecule has 2 N–H and O–H groups in total. The number of likely N-dealkylation sites (N-methyl/N-ethyl adjacent to an activating group) is 1. The minimum atomic E-state index is 0.174. The monoisotopic (exact) mass is 314 g/mol. The van der Waals surface area contributed by atoms with E-state index in [1.54, 1.807) is 7.11 Å². The highest BCUT2D eigenvalue weighted by Crippen LogP contribution is 2.32. The summed E-state index contributed by atoms with van der Waals surface area (Å²) in [6.07, 6.45) is 1.10. The number of halogens is 1. The summed E-state index contributed by atoms with van der Waals surface area (Å²) in [4.78, 5) is 2.31. The Morgan fingerprint density at radius 2 is 2.11 bits per heavy atom. The van der Waals surface area contributed by atoms with Gasteiger partial charge in [-0.2, -0.15) is 0 Å². The molecule has 0 aromatic heterocycles. The molecule has 3 nitrogen and oxygen atoms in total. The Morgan fingerprint density at radius 1 is 1.44 bits per heavy atom. The van der Waals surface area contributed by atoms with Gasteiger partial charge in [0, 0.05) is 22.6 Å². The molecule has 0 saturated carbocycles. The molecule has 0 spiro atoms. The largest absolute Gasteiger partial charge is 0.496 e. The zero-order valence-corrected chi connectivity index (χ0v) is 13.2. The Hall–Kier alpha value is -0.580. The number of ether oxygens (including phenoxy) is 1. The van der Waals surface area contributed by atoms with Crippen LogP contribution >= 0.6 is 15.9 Å². The van der Waals surface area contributed by atoms with Crippen molar-refractivity contribution in [1.29, 1.82) is 0 Å². The Balaban J connectivity index is 3.11. The van der Waals surface area contributed by atoms with Gasteiger partial charge in [0.2, 0.25) is 0 Å². The molecule has 18 heavy (non-hydrogen) atoms. The van der Waals surface area contributed by atoms with E-state index in [1.807, 2.05) is 12.1 Å². The summed E-state index contributed by atoms with van der Waals surface area (Å²) in [6.45, 7) is 4.98. The number of rotatable bonds is 6. The van der Waals surface area contributed by atoms with Gasteiger partial charge in [-0.25, -0.2) is 0 Å². The molecule has 0 fully saturated rings. The number of nitrogens with zero attached hydrogens (tertiary/aromatic N) is 1. The molecule has 4 heteroatoms. The average molecular weight is 315 g/mol. The summed E-state index contributed by atoms with van der Waals surface area (Å²) >= 11 is 3.51. The molecule has 1 aromatic rings. The second kappa shape index (κ2) is 7.12. The number of hydrogen-bond acceptors (Lipinski definition) is 3. The average Bonchev–Trinajstić information content (AvgIpc) is 2.38. The van der Waals surface area contributed by atoms with E-state index in [0.717, 1.165) is 22.2 Å². The Morgan fingerprint density at radius 3 is 2.61 bits per heavy atom. The SMILES string of the molecule is CCC(C)N(C)C(CN)c1cc(Br)ccc1OC. The van der Waals surface area contributed by atoms with Crippen LogP contribution in [0.15, 0.2) is 22.7 Å². The highest BCUT2D eigenvalue weighted by molar-refractivity contribution is 9.10. The van der Waals surface area contributed by atoms with Crippen LogP contribution < -0.4 is 10.5 Å². The summed E-state index contributed by atoms with van der Waals surface area (Å²) in [6, 6.07) is 6.72. The Kier molecular flexibility index (Phi) is 6.12. The van der Waals surface area contributed by atoms with Crippen LogP contribution in [0.4, 0.5) is 0 Å². The lowest BCUT2D eigenvalue weighted by Crippen LogP contribution is -2.36. The second-order valence-electron chi connectivity index (χ2n) is 4.56. The van der Waals surface area contributed by atoms with E-state index in [0.29, 0.717) is 12.6 Å². The van der Waals surface area contributed by atoms with Crippen LogP contribution in [0.2, 0.25) is 0 Å². The second-order valence-corrected chi connectivity index (χ2v) is 5.48. The molecule has 102 valence electrons. The predicted octanol–water partition coefficient (Wildman–Crippen LogP) is 3.19.